The number of hydrogen-bond acceptors (Lipinski definition) is 5. The zero-order valence-electron chi connectivity index (χ0n) is 14.1. The molecule has 1 atom stereocenters. The fourth-order valence-corrected chi connectivity index (χ4v) is 3.05. The van der Waals surface area contributed by atoms with Crippen LogP contribution in [0.4, 0.5) is 13.2 Å². The van der Waals surface area contributed by atoms with Gasteiger partial charge in [-0.25, -0.2) is 0 Å². The molecule has 0 radical (unpaired) electrons. The van der Waals surface area contributed by atoms with E-state index in [2.05, 4.69) is 5.32 Å². The third-order valence-corrected chi connectivity index (χ3v) is 4.49. The van der Waals surface area contributed by atoms with Crippen LogP contribution in [-0.2, 0) is 0 Å². The highest BCUT2D eigenvalue weighted by Gasteiger charge is 2.39. The average Bonchev–Trinajstić information content (AvgIpc) is 2.77. The summed E-state index contributed by atoms with van der Waals surface area (Å²) in [4.78, 5) is 13.4. The molecule has 9 heteroatoms. The monoisotopic (exact) mass is 374 g/mol. The molecule has 1 fully saturated rings. The minimum Gasteiger partial charge on any atom is -0.491 e. The number of halogens is 3. The summed E-state index contributed by atoms with van der Waals surface area (Å²) < 4.78 is 48.7. The minimum absolute atomic E-state index is 0.132. The highest BCUT2D eigenvalue weighted by molar-refractivity contribution is 5.97. The first-order valence-electron chi connectivity index (χ1n) is 8.52. The van der Waals surface area contributed by atoms with Gasteiger partial charge in [0, 0.05) is 25.7 Å². The smallest absolute Gasteiger partial charge is 0.415 e. The fraction of sp³-hybridized carbons (Fsp3) is 0.588. The zero-order valence-corrected chi connectivity index (χ0v) is 14.1. The Bertz CT molecular complexity index is 645. The molecule has 6 nitrogen and oxygen atoms in total. The van der Waals surface area contributed by atoms with Crippen LogP contribution in [0.2, 0.25) is 0 Å². The Hall–Kier alpha value is -2.00. The number of benzene rings is 1. The Labute approximate surface area is 148 Å². The van der Waals surface area contributed by atoms with Gasteiger partial charge in [0.05, 0.1) is 12.1 Å². The van der Waals surface area contributed by atoms with Gasteiger partial charge >= 0.3 is 6.18 Å². The Balaban J connectivity index is 1.53. The van der Waals surface area contributed by atoms with Gasteiger partial charge in [-0.2, -0.15) is 13.2 Å². The van der Waals surface area contributed by atoms with Crippen molar-refractivity contribution < 1.29 is 32.5 Å². The predicted molar refractivity (Wildman–Crippen MR) is 86.4 cm³/mol. The van der Waals surface area contributed by atoms with Crippen molar-refractivity contribution in [2.45, 2.75) is 31.2 Å². The predicted octanol–water partition coefficient (Wildman–Crippen LogP) is 1.58. The molecule has 0 spiro atoms. The van der Waals surface area contributed by atoms with Crippen LogP contribution in [0.1, 0.15) is 23.2 Å². The van der Waals surface area contributed by atoms with Crippen LogP contribution < -0.4 is 14.8 Å². The number of carbonyl (C=O) groups is 1. The third kappa shape index (κ3) is 4.59. The maximum absolute atomic E-state index is 12.4. The highest BCUT2D eigenvalue weighted by atomic mass is 19.4. The number of alkyl halides is 3. The number of piperidine rings is 1. The van der Waals surface area contributed by atoms with Crippen molar-refractivity contribution in [1.82, 2.24) is 10.2 Å². The van der Waals surface area contributed by atoms with E-state index in [1.54, 1.807) is 23.1 Å². The number of hydrogen-bond donors (Lipinski definition) is 2. The molecule has 2 aliphatic heterocycles. The van der Waals surface area contributed by atoms with Crippen LogP contribution in [-0.4, -0.2) is 67.1 Å². The van der Waals surface area contributed by atoms with Gasteiger partial charge in [0.1, 0.15) is 24.2 Å². The second-order valence-corrected chi connectivity index (χ2v) is 6.44. The van der Waals surface area contributed by atoms with E-state index < -0.39 is 18.8 Å². The minimum atomic E-state index is -4.60. The number of aliphatic hydroxyl groups excluding tert-OH is 1. The number of ether oxygens (including phenoxy) is 2. The van der Waals surface area contributed by atoms with Crippen molar-refractivity contribution in [2.24, 2.45) is 0 Å². The molecule has 1 unspecified atom stereocenters. The molecule has 0 aromatic heterocycles. The summed E-state index contributed by atoms with van der Waals surface area (Å²) in [6.45, 7) is 1.23. The lowest BCUT2D eigenvalue weighted by Gasteiger charge is -2.33. The number of β-amino-alcohol motifs (C(OH)–C–C–N with tert-alkyl or cyclic N) is 1. The summed E-state index contributed by atoms with van der Waals surface area (Å²) in [5.41, 5.74) is 0.450. The molecule has 1 amide bonds. The van der Waals surface area contributed by atoms with E-state index in [-0.39, 0.29) is 12.0 Å². The molecule has 0 saturated carbocycles. The standard InChI is InChI=1S/C17H21F3N2O4/c18-17(19,20)15(23)10-22-6-3-11(4-7-22)26-12-1-2-13-14(9-12)25-8-5-21-16(13)24/h1-2,9,11,15,23H,3-8,10H2,(H,21,24). The normalized spacial score (nSPS) is 20.5. The van der Waals surface area contributed by atoms with E-state index in [0.717, 1.165) is 0 Å². The van der Waals surface area contributed by atoms with Gasteiger partial charge < -0.3 is 24.8 Å². The summed E-state index contributed by atoms with van der Waals surface area (Å²) >= 11 is 0. The first kappa shape index (κ1) is 18.8. The van der Waals surface area contributed by atoms with E-state index in [4.69, 9.17) is 14.6 Å². The highest BCUT2D eigenvalue weighted by Crippen LogP contribution is 2.28. The summed E-state index contributed by atoms with van der Waals surface area (Å²) in [5, 5.41) is 11.9. The molecule has 2 aliphatic rings. The summed E-state index contributed by atoms with van der Waals surface area (Å²) in [6, 6.07) is 4.99. The molecule has 2 N–H and O–H groups in total. The molecule has 1 aromatic carbocycles. The lowest BCUT2D eigenvalue weighted by atomic mass is 10.1. The van der Waals surface area contributed by atoms with E-state index in [1.165, 1.54) is 0 Å². The van der Waals surface area contributed by atoms with Crippen LogP contribution in [0.5, 0.6) is 11.5 Å². The van der Waals surface area contributed by atoms with Crippen molar-refractivity contribution in [3.8, 4) is 11.5 Å². The summed E-state index contributed by atoms with van der Waals surface area (Å²) in [6.07, 6.45) is -5.94. The third-order valence-electron chi connectivity index (χ3n) is 4.49. The van der Waals surface area contributed by atoms with Crippen molar-refractivity contribution in [3.05, 3.63) is 23.8 Å². The van der Waals surface area contributed by atoms with Gasteiger partial charge in [0.15, 0.2) is 6.10 Å². The molecule has 144 valence electrons. The molecule has 3 rings (SSSR count). The number of nitrogens with zero attached hydrogens (tertiary/aromatic N) is 1. The molecule has 2 heterocycles. The molecule has 0 aliphatic carbocycles. The van der Waals surface area contributed by atoms with Gasteiger partial charge in [-0.1, -0.05) is 0 Å². The topological polar surface area (TPSA) is 71.0 Å². The molecular weight excluding hydrogens is 353 g/mol. The van der Waals surface area contributed by atoms with Gasteiger partial charge in [-0.3, -0.25) is 4.79 Å². The Kier molecular flexibility index (Phi) is 5.57. The van der Waals surface area contributed by atoms with Crippen molar-refractivity contribution in [3.63, 3.8) is 0 Å². The Morgan fingerprint density at radius 2 is 2.08 bits per heavy atom. The number of fused-ring (bicyclic) bond motifs is 1. The number of likely N-dealkylation sites (tertiary alicyclic amines) is 1. The van der Waals surface area contributed by atoms with E-state index in [9.17, 15) is 18.0 Å². The maximum Gasteiger partial charge on any atom is 0.415 e. The second kappa shape index (κ2) is 7.71. The molecular formula is C17H21F3N2O4. The van der Waals surface area contributed by atoms with Gasteiger partial charge in [-0.15, -0.1) is 0 Å². The van der Waals surface area contributed by atoms with Crippen molar-refractivity contribution >= 4 is 5.91 Å². The Morgan fingerprint density at radius 1 is 1.35 bits per heavy atom. The van der Waals surface area contributed by atoms with E-state index in [0.29, 0.717) is 56.1 Å². The number of rotatable bonds is 4. The van der Waals surface area contributed by atoms with Gasteiger partial charge in [0.25, 0.3) is 5.91 Å². The SMILES string of the molecule is O=C1NCCOc2cc(OC3CCN(CC(O)C(F)(F)F)CC3)ccc21. The maximum atomic E-state index is 12.4. The van der Waals surface area contributed by atoms with Crippen molar-refractivity contribution in [2.75, 3.05) is 32.8 Å². The Morgan fingerprint density at radius 3 is 2.77 bits per heavy atom. The van der Waals surface area contributed by atoms with Crippen LogP contribution in [0.3, 0.4) is 0 Å². The number of nitrogens with one attached hydrogen (secondary N) is 1. The summed E-state index contributed by atoms with van der Waals surface area (Å²) in [7, 11) is 0. The van der Waals surface area contributed by atoms with Crippen molar-refractivity contribution in [1.29, 1.82) is 0 Å². The van der Waals surface area contributed by atoms with E-state index >= 15 is 0 Å². The van der Waals surface area contributed by atoms with Crippen LogP contribution in [0.25, 0.3) is 0 Å². The van der Waals surface area contributed by atoms with Gasteiger partial charge in [0.2, 0.25) is 0 Å². The summed E-state index contributed by atoms with van der Waals surface area (Å²) in [5.74, 6) is 0.830. The molecule has 1 saturated heterocycles. The lowest BCUT2D eigenvalue weighted by molar-refractivity contribution is -0.208. The van der Waals surface area contributed by atoms with Crippen LogP contribution >= 0.6 is 0 Å². The lowest BCUT2D eigenvalue weighted by Crippen LogP contribution is -2.45. The number of amides is 1. The molecule has 1 aromatic rings. The first-order chi connectivity index (χ1) is 12.3. The fourth-order valence-electron chi connectivity index (χ4n) is 3.05. The molecule has 0 bridgehead atoms. The average molecular weight is 374 g/mol. The first-order valence-corrected chi connectivity index (χ1v) is 8.52. The molecule has 26 heavy (non-hydrogen) atoms. The largest absolute Gasteiger partial charge is 0.491 e. The number of carbonyl (C=O) groups excluding carboxylic acids is 1. The van der Waals surface area contributed by atoms with Gasteiger partial charge in [-0.05, 0) is 25.0 Å². The number of aliphatic hydroxyl groups is 1. The van der Waals surface area contributed by atoms with E-state index in [1.807, 2.05) is 0 Å². The van der Waals surface area contributed by atoms with Crippen LogP contribution in [0, 0.1) is 0 Å². The van der Waals surface area contributed by atoms with Crippen LogP contribution in [0.15, 0.2) is 18.2 Å². The quantitative estimate of drug-likeness (QED) is 0.837. The zero-order chi connectivity index (χ0) is 18.7. The second-order valence-electron chi connectivity index (χ2n) is 6.44.